The first-order chi connectivity index (χ1) is 8.33. The number of hydrogen-bond donors (Lipinski definition) is 1. The zero-order valence-electron chi connectivity index (χ0n) is 12.5. The Morgan fingerprint density at radius 3 is 2.11 bits per heavy atom. The lowest BCUT2D eigenvalue weighted by molar-refractivity contribution is 0.241. The summed E-state index contributed by atoms with van der Waals surface area (Å²) in [6.07, 6.45) is 2.00. The van der Waals surface area contributed by atoms with Gasteiger partial charge in [0.05, 0.1) is 6.61 Å². The van der Waals surface area contributed by atoms with Gasteiger partial charge in [0.1, 0.15) is 5.75 Å². The highest BCUT2D eigenvalue weighted by atomic mass is 16.5. The molecule has 102 valence electrons. The Morgan fingerprint density at radius 1 is 1.11 bits per heavy atom. The van der Waals surface area contributed by atoms with Crippen molar-refractivity contribution in [1.29, 1.82) is 0 Å². The van der Waals surface area contributed by atoms with Crippen molar-refractivity contribution >= 4 is 0 Å². The highest BCUT2D eigenvalue weighted by molar-refractivity contribution is 5.43. The van der Waals surface area contributed by atoms with Gasteiger partial charge in [0, 0.05) is 0 Å². The Bertz CT molecular complexity index is 368. The third kappa shape index (κ3) is 4.69. The molecule has 0 bridgehead atoms. The van der Waals surface area contributed by atoms with Crippen molar-refractivity contribution in [2.75, 3.05) is 13.2 Å². The molecule has 0 unspecified atom stereocenters. The molecule has 1 aromatic rings. The van der Waals surface area contributed by atoms with Gasteiger partial charge in [-0.15, -0.1) is 0 Å². The van der Waals surface area contributed by atoms with Crippen LogP contribution >= 0.6 is 0 Å². The van der Waals surface area contributed by atoms with E-state index in [1.165, 1.54) is 16.7 Å². The summed E-state index contributed by atoms with van der Waals surface area (Å²) in [5.74, 6) is 1.04. The number of hydrogen-bond acceptors (Lipinski definition) is 2. The summed E-state index contributed by atoms with van der Waals surface area (Å²) in [7, 11) is 0. The van der Waals surface area contributed by atoms with Gasteiger partial charge in [0.2, 0.25) is 0 Å². The summed E-state index contributed by atoms with van der Waals surface area (Å²) in [6.45, 7) is 12.4. The summed E-state index contributed by atoms with van der Waals surface area (Å²) in [5.41, 5.74) is 9.65. The molecule has 0 radical (unpaired) electrons. The van der Waals surface area contributed by atoms with Crippen LogP contribution in [0, 0.1) is 19.3 Å². The summed E-state index contributed by atoms with van der Waals surface area (Å²) in [4.78, 5) is 0. The molecule has 2 N–H and O–H groups in total. The summed E-state index contributed by atoms with van der Waals surface area (Å²) >= 11 is 0. The van der Waals surface area contributed by atoms with Crippen molar-refractivity contribution in [3.63, 3.8) is 0 Å². The zero-order chi connectivity index (χ0) is 13.8. The number of rotatable bonds is 5. The second-order valence-electron chi connectivity index (χ2n) is 6.26. The fraction of sp³-hybridized carbons (Fsp3) is 0.625. The lowest BCUT2D eigenvalue weighted by Gasteiger charge is -2.20. The van der Waals surface area contributed by atoms with Crippen molar-refractivity contribution in [2.45, 2.75) is 47.5 Å². The van der Waals surface area contributed by atoms with E-state index in [1.807, 2.05) is 0 Å². The molecule has 0 saturated carbocycles. The first-order valence-electron chi connectivity index (χ1n) is 6.76. The van der Waals surface area contributed by atoms with Crippen LogP contribution in [0.4, 0.5) is 0 Å². The SMILES string of the molecule is Cc1cc(CCN)cc(C)c1OCCC(C)(C)C. The van der Waals surface area contributed by atoms with Gasteiger partial charge in [0.25, 0.3) is 0 Å². The van der Waals surface area contributed by atoms with Crippen LogP contribution in [0.2, 0.25) is 0 Å². The third-order valence-electron chi connectivity index (χ3n) is 3.05. The van der Waals surface area contributed by atoms with Crippen LogP contribution in [0.1, 0.15) is 43.9 Å². The van der Waals surface area contributed by atoms with Gasteiger partial charge in [-0.3, -0.25) is 0 Å². The lowest BCUT2D eigenvalue weighted by atomic mass is 9.93. The standard InChI is InChI=1S/C16H27NO/c1-12-10-14(6-8-17)11-13(2)15(12)18-9-7-16(3,4)5/h10-11H,6-9,17H2,1-5H3. The molecule has 0 saturated heterocycles. The highest BCUT2D eigenvalue weighted by Gasteiger charge is 2.12. The maximum absolute atomic E-state index is 5.95. The van der Waals surface area contributed by atoms with E-state index in [4.69, 9.17) is 10.5 Å². The van der Waals surface area contributed by atoms with Gasteiger partial charge in [-0.25, -0.2) is 0 Å². The number of aryl methyl sites for hydroxylation is 2. The van der Waals surface area contributed by atoms with Crippen LogP contribution in [0.25, 0.3) is 0 Å². The molecule has 0 fully saturated rings. The molecule has 2 heteroatoms. The van der Waals surface area contributed by atoms with Crippen molar-refractivity contribution in [2.24, 2.45) is 11.1 Å². The van der Waals surface area contributed by atoms with Crippen molar-refractivity contribution < 1.29 is 4.74 Å². The molecule has 0 amide bonds. The second kappa shape index (κ2) is 6.24. The molecule has 18 heavy (non-hydrogen) atoms. The Kier molecular flexibility index (Phi) is 5.21. The summed E-state index contributed by atoms with van der Waals surface area (Å²) in [5, 5.41) is 0. The van der Waals surface area contributed by atoms with E-state index in [-0.39, 0.29) is 0 Å². The van der Waals surface area contributed by atoms with Crippen LogP contribution in [0.3, 0.4) is 0 Å². The number of nitrogens with two attached hydrogens (primary N) is 1. The molecular weight excluding hydrogens is 222 g/mol. The lowest BCUT2D eigenvalue weighted by Crippen LogP contribution is -2.12. The van der Waals surface area contributed by atoms with E-state index in [1.54, 1.807) is 0 Å². The smallest absolute Gasteiger partial charge is 0.125 e. The predicted molar refractivity (Wildman–Crippen MR) is 78.2 cm³/mol. The third-order valence-corrected chi connectivity index (χ3v) is 3.05. The molecule has 0 aliphatic heterocycles. The summed E-state index contributed by atoms with van der Waals surface area (Å²) in [6, 6.07) is 4.37. The Balaban J connectivity index is 2.71. The van der Waals surface area contributed by atoms with Crippen molar-refractivity contribution in [1.82, 2.24) is 0 Å². The molecule has 0 heterocycles. The normalized spacial score (nSPS) is 11.7. The van der Waals surface area contributed by atoms with Gasteiger partial charge in [-0.2, -0.15) is 0 Å². The zero-order valence-corrected chi connectivity index (χ0v) is 12.5. The number of benzene rings is 1. The maximum atomic E-state index is 5.95. The number of ether oxygens (including phenoxy) is 1. The molecule has 0 atom stereocenters. The maximum Gasteiger partial charge on any atom is 0.125 e. The van der Waals surface area contributed by atoms with Gasteiger partial charge in [-0.05, 0) is 55.3 Å². The largest absolute Gasteiger partial charge is 0.493 e. The molecule has 1 aromatic carbocycles. The van der Waals surface area contributed by atoms with Crippen molar-refractivity contribution in [3.05, 3.63) is 28.8 Å². The monoisotopic (exact) mass is 249 g/mol. The molecule has 1 rings (SSSR count). The van der Waals surface area contributed by atoms with E-state index in [0.29, 0.717) is 12.0 Å². The molecular formula is C16H27NO. The molecule has 0 aliphatic rings. The second-order valence-corrected chi connectivity index (χ2v) is 6.26. The van der Waals surface area contributed by atoms with E-state index < -0.39 is 0 Å². The minimum absolute atomic E-state index is 0.321. The van der Waals surface area contributed by atoms with Gasteiger partial charge < -0.3 is 10.5 Å². The van der Waals surface area contributed by atoms with E-state index in [9.17, 15) is 0 Å². The topological polar surface area (TPSA) is 35.2 Å². The van der Waals surface area contributed by atoms with Gasteiger partial charge >= 0.3 is 0 Å². The Morgan fingerprint density at radius 2 is 1.67 bits per heavy atom. The summed E-state index contributed by atoms with van der Waals surface area (Å²) < 4.78 is 5.95. The Labute approximate surface area is 112 Å². The average molecular weight is 249 g/mol. The Hall–Kier alpha value is -1.02. The molecule has 0 aliphatic carbocycles. The van der Waals surface area contributed by atoms with Gasteiger partial charge in [0.15, 0.2) is 0 Å². The minimum Gasteiger partial charge on any atom is -0.493 e. The van der Waals surface area contributed by atoms with Crippen LogP contribution < -0.4 is 10.5 Å². The minimum atomic E-state index is 0.321. The molecule has 0 spiro atoms. The van der Waals surface area contributed by atoms with Crippen molar-refractivity contribution in [3.8, 4) is 5.75 Å². The average Bonchev–Trinajstić information content (AvgIpc) is 2.21. The van der Waals surface area contributed by atoms with Crippen LogP contribution in [0.5, 0.6) is 5.75 Å². The van der Waals surface area contributed by atoms with E-state index in [2.05, 4.69) is 46.8 Å². The van der Waals surface area contributed by atoms with Gasteiger partial charge in [-0.1, -0.05) is 32.9 Å². The van der Waals surface area contributed by atoms with Crippen LogP contribution in [-0.2, 0) is 6.42 Å². The molecule has 2 nitrogen and oxygen atoms in total. The van der Waals surface area contributed by atoms with Crippen LogP contribution in [-0.4, -0.2) is 13.2 Å². The quantitative estimate of drug-likeness (QED) is 0.865. The van der Waals surface area contributed by atoms with E-state index in [0.717, 1.165) is 25.2 Å². The first kappa shape index (κ1) is 15.0. The van der Waals surface area contributed by atoms with E-state index >= 15 is 0 Å². The van der Waals surface area contributed by atoms with Crippen LogP contribution in [0.15, 0.2) is 12.1 Å². The highest BCUT2D eigenvalue weighted by Crippen LogP contribution is 2.26. The predicted octanol–water partition coefficient (Wildman–Crippen LogP) is 3.62. The molecule has 0 aromatic heterocycles. The fourth-order valence-electron chi connectivity index (χ4n) is 2.04. The fourth-order valence-corrected chi connectivity index (χ4v) is 2.04. The first-order valence-corrected chi connectivity index (χ1v) is 6.76.